The van der Waals surface area contributed by atoms with Crippen LogP contribution in [-0.2, 0) is 0 Å². The Bertz CT molecular complexity index is 521. The predicted molar refractivity (Wildman–Crippen MR) is 62.2 cm³/mol. The summed E-state index contributed by atoms with van der Waals surface area (Å²) in [5.74, 6) is 0.578. The van der Waals surface area contributed by atoms with Crippen LogP contribution in [0, 0.1) is 6.92 Å². The number of ketones is 1. The molecule has 16 heavy (non-hydrogen) atoms. The van der Waals surface area contributed by atoms with Crippen molar-refractivity contribution in [2.75, 3.05) is 0 Å². The van der Waals surface area contributed by atoms with Crippen molar-refractivity contribution in [2.24, 2.45) is 0 Å². The number of hydrogen-bond acceptors (Lipinski definition) is 3. The van der Waals surface area contributed by atoms with Gasteiger partial charge in [-0.3, -0.25) is 4.79 Å². The molecule has 3 nitrogen and oxygen atoms in total. The van der Waals surface area contributed by atoms with Crippen molar-refractivity contribution in [1.29, 1.82) is 0 Å². The van der Waals surface area contributed by atoms with Gasteiger partial charge in [0.05, 0.1) is 5.69 Å². The maximum atomic E-state index is 11.3. The topological polar surface area (TPSA) is 42.9 Å². The average Bonchev–Trinajstić information content (AvgIpc) is 2.29. The predicted octanol–water partition coefficient (Wildman–Crippen LogP) is 2.65. The summed E-state index contributed by atoms with van der Waals surface area (Å²) in [6.45, 7) is 3.30. The van der Waals surface area contributed by atoms with Crippen LogP contribution in [0.2, 0.25) is 0 Å². The van der Waals surface area contributed by atoms with Gasteiger partial charge in [0, 0.05) is 12.5 Å². The second-order valence-electron chi connectivity index (χ2n) is 3.61. The maximum Gasteiger partial charge on any atom is 0.178 e. The Kier molecular flexibility index (Phi) is 2.77. The molecule has 0 radical (unpaired) electrons. The van der Waals surface area contributed by atoms with E-state index in [1.54, 1.807) is 13.0 Å². The van der Waals surface area contributed by atoms with E-state index in [2.05, 4.69) is 9.97 Å². The van der Waals surface area contributed by atoms with Crippen LogP contribution in [0.5, 0.6) is 0 Å². The van der Waals surface area contributed by atoms with Crippen molar-refractivity contribution in [3.63, 3.8) is 0 Å². The Hall–Kier alpha value is -2.03. The molecule has 1 aromatic carbocycles. The first kappa shape index (κ1) is 10.5. The van der Waals surface area contributed by atoms with E-state index >= 15 is 0 Å². The van der Waals surface area contributed by atoms with E-state index in [1.807, 2.05) is 30.3 Å². The Morgan fingerprint density at radius 2 is 1.81 bits per heavy atom. The minimum atomic E-state index is -0.0392. The fourth-order valence-corrected chi connectivity index (χ4v) is 1.50. The molecule has 0 spiro atoms. The van der Waals surface area contributed by atoms with E-state index in [9.17, 15) is 4.79 Å². The molecule has 0 saturated carbocycles. The Morgan fingerprint density at radius 3 is 2.44 bits per heavy atom. The number of carbonyl (C=O) groups excluding carboxylic acids is 1. The van der Waals surface area contributed by atoms with E-state index in [0.29, 0.717) is 11.5 Å². The number of benzene rings is 1. The lowest BCUT2D eigenvalue weighted by atomic mass is 10.1. The van der Waals surface area contributed by atoms with Crippen LogP contribution in [-0.4, -0.2) is 15.8 Å². The number of aryl methyl sites for hydroxylation is 1. The zero-order valence-electron chi connectivity index (χ0n) is 9.27. The molecule has 0 atom stereocenters. The van der Waals surface area contributed by atoms with Gasteiger partial charge in [-0.05, 0) is 13.0 Å². The lowest BCUT2D eigenvalue weighted by Gasteiger charge is -2.03. The highest BCUT2D eigenvalue weighted by Gasteiger charge is 2.06. The average molecular weight is 212 g/mol. The Morgan fingerprint density at radius 1 is 1.12 bits per heavy atom. The van der Waals surface area contributed by atoms with Gasteiger partial charge in [-0.25, -0.2) is 9.97 Å². The van der Waals surface area contributed by atoms with Crippen LogP contribution in [0.4, 0.5) is 0 Å². The normalized spacial score (nSPS) is 10.1. The maximum absolute atomic E-state index is 11.3. The van der Waals surface area contributed by atoms with E-state index in [4.69, 9.17) is 0 Å². The zero-order valence-corrected chi connectivity index (χ0v) is 9.27. The van der Waals surface area contributed by atoms with Gasteiger partial charge in [0.25, 0.3) is 0 Å². The SMILES string of the molecule is CC(=O)c1cc(-c2ccccc2)nc(C)n1. The van der Waals surface area contributed by atoms with Crippen LogP contribution in [0.3, 0.4) is 0 Å². The number of hydrogen-bond donors (Lipinski definition) is 0. The quantitative estimate of drug-likeness (QED) is 0.719. The lowest BCUT2D eigenvalue weighted by Crippen LogP contribution is -2.01. The minimum absolute atomic E-state index is 0.0392. The molecule has 0 unspecified atom stereocenters. The second-order valence-corrected chi connectivity index (χ2v) is 3.61. The highest BCUT2D eigenvalue weighted by atomic mass is 16.1. The third-order valence-electron chi connectivity index (χ3n) is 2.27. The van der Waals surface area contributed by atoms with Crippen molar-refractivity contribution in [1.82, 2.24) is 9.97 Å². The van der Waals surface area contributed by atoms with Crippen molar-refractivity contribution in [2.45, 2.75) is 13.8 Å². The van der Waals surface area contributed by atoms with E-state index in [-0.39, 0.29) is 5.78 Å². The molecule has 1 heterocycles. The van der Waals surface area contributed by atoms with Crippen molar-refractivity contribution >= 4 is 5.78 Å². The van der Waals surface area contributed by atoms with Gasteiger partial charge in [-0.2, -0.15) is 0 Å². The summed E-state index contributed by atoms with van der Waals surface area (Å²) in [4.78, 5) is 19.7. The molecule has 0 aliphatic rings. The molecule has 0 N–H and O–H groups in total. The van der Waals surface area contributed by atoms with Crippen molar-refractivity contribution < 1.29 is 4.79 Å². The molecule has 1 aromatic heterocycles. The molecule has 0 fully saturated rings. The highest BCUT2D eigenvalue weighted by molar-refractivity contribution is 5.93. The first-order chi connectivity index (χ1) is 7.66. The third-order valence-corrected chi connectivity index (χ3v) is 2.27. The lowest BCUT2D eigenvalue weighted by molar-refractivity contribution is 0.101. The number of aromatic nitrogens is 2. The first-order valence-corrected chi connectivity index (χ1v) is 5.09. The molecule has 0 aliphatic carbocycles. The van der Waals surface area contributed by atoms with Gasteiger partial charge in [-0.1, -0.05) is 30.3 Å². The summed E-state index contributed by atoms with van der Waals surface area (Å²) in [6, 6.07) is 11.5. The number of rotatable bonds is 2. The van der Waals surface area contributed by atoms with E-state index < -0.39 is 0 Å². The molecular formula is C13H12N2O. The van der Waals surface area contributed by atoms with Gasteiger partial charge in [0.2, 0.25) is 0 Å². The van der Waals surface area contributed by atoms with Gasteiger partial charge in [0.15, 0.2) is 5.78 Å². The van der Waals surface area contributed by atoms with Crippen LogP contribution in [0.15, 0.2) is 36.4 Å². The summed E-state index contributed by atoms with van der Waals surface area (Å²) >= 11 is 0. The monoisotopic (exact) mass is 212 g/mol. The van der Waals surface area contributed by atoms with Crippen LogP contribution in [0.1, 0.15) is 23.2 Å². The molecule has 0 bridgehead atoms. The van der Waals surface area contributed by atoms with Crippen molar-refractivity contribution in [3.05, 3.63) is 47.9 Å². The first-order valence-electron chi connectivity index (χ1n) is 5.09. The van der Waals surface area contributed by atoms with E-state index in [1.165, 1.54) is 6.92 Å². The molecule has 2 aromatic rings. The summed E-state index contributed by atoms with van der Waals surface area (Å²) in [5, 5.41) is 0. The highest BCUT2D eigenvalue weighted by Crippen LogP contribution is 2.17. The molecular weight excluding hydrogens is 200 g/mol. The van der Waals surface area contributed by atoms with Gasteiger partial charge < -0.3 is 0 Å². The van der Waals surface area contributed by atoms with Gasteiger partial charge in [-0.15, -0.1) is 0 Å². The molecule has 3 heteroatoms. The van der Waals surface area contributed by atoms with Gasteiger partial charge >= 0.3 is 0 Å². The fraction of sp³-hybridized carbons (Fsp3) is 0.154. The van der Waals surface area contributed by atoms with E-state index in [0.717, 1.165) is 11.3 Å². The smallest absolute Gasteiger partial charge is 0.178 e. The van der Waals surface area contributed by atoms with Crippen LogP contribution in [0.25, 0.3) is 11.3 Å². The summed E-state index contributed by atoms with van der Waals surface area (Å²) in [5.41, 5.74) is 2.25. The largest absolute Gasteiger partial charge is 0.293 e. The Balaban J connectivity index is 2.54. The number of carbonyl (C=O) groups is 1. The third kappa shape index (κ3) is 2.14. The molecule has 0 amide bonds. The zero-order chi connectivity index (χ0) is 11.5. The van der Waals surface area contributed by atoms with Gasteiger partial charge in [0.1, 0.15) is 11.5 Å². The standard InChI is InChI=1S/C13H12N2O/c1-9(16)12-8-13(15-10(2)14-12)11-6-4-3-5-7-11/h3-8H,1-2H3. The molecule has 0 aliphatic heterocycles. The molecule has 0 saturated heterocycles. The minimum Gasteiger partial charge on any atom is -0.293 e. The summed E-state index contributed by atoms with van der Waals surface area (Å²) in [7, 11) is 0. The number of nitrogens with zero attached hydrogens (tertiary/aromatic N) is 2. The van der Waals surface area contributed by atoms with Crippen LogP contribution < -0.4 is 0 Å². The van der Waals surface area contributed by atoms with Crippen molar-refractivity contribution in [3.8, 4) is 11.3 Å². The fourth-order valence-electron chi connectivity index (χ4n) is 1.50. The summed E-state index contributed by atoms with van der Waals surface area (Å²) in [6.07, 6.45) is 0. The Labute approximate surface area is 94.2 Å². The summed E-state index contributed by atoms with van der Waals surface area (Å²) < 4.78 is 0. The molecule has 2 rings (SSSR count). The molecule has 80 valence electrons. The number of Topliss-reactive ketones (excluding diaryl/α,β-unsaturated/α-hetero) is 1. The van der Waals surface area contributed by atoms with Crippen LogP contribution >= 0.6 is 0 Å². The second kappa shape index (κ2) is 4.23.